The molecular formula is C30H45N15O10. The number of aromatic amines is 5. The summed E-state index contributed by atoms with van der Waals surface area (Å²) < 4.78 is 0. The van der Waals surface area contributed by atoms with Gasteiger partial charge in [-0.1, -0.05) is 0 Å². The van der Waals surface area contributed by atoms with E-state index in [9.17, 15) is 24.0 Å². The number of imidazole rings is 5. The molecule has 5 aromatic rings. The zero-order valence-electron chi connectivity index (χ0n) is 29.1. The molecule has 20 N–H and O–H groups in total. The van der Waals surface area contributed by atoms with E-state index in [4.69, 9.17) is 54.2 Å². The van der Waals surface area contributed by atoms with Crippen LogP contribution < -0.4 is 28.7 Å². The molecule has 0 aromatic carbocycles. The van der Waals surface area contributed by atoms with Crippen LogP contribution in [0, 0.1) is 0 Å². The zero-order valence-corrected chi connectivity index (χ0v) is 29.1. The number of rotatable bonds is 15. The number of aromatic nitrogens is 10. The third-order valence-electron chi connectivity index (χ3n) is 6.56. The summed E-state index contributed by atoms with van der Waals surface area (Å²) in [4.78, 5) is 83.8. The van der Waals surface area contributed by atoms with Crippen LogP contribution >= 0.6 is 0 Å². The highest BCUT2D eigenvalue weighted by atomic mass is 16.4. The molecule has 0 spiro atoms. The summed E-state index contributed by atoms with van der Waals surface area (Å²) >= 11 is 0. The highest BCUT2D eigenvalue weighted by Crippen LogP contribution is 1.98. The summed E-state index contributed by atoms with van der Waals surface area (Å²) in [5, 5.41) is 42.1. The first-order chi connectivity index (χ1) is 26.0. The number of nitrogens with zero attached hydrogens (tertiary/aromatic N) is 5. The first kappa shape index (κ1) is 46.2. The van der Waals surface area contributed by atoms with Crippen LogP contribution in [0.2, 0.25) is 0 Å². The number of H-pyrrole nitrogens is 5. The van der Waals surface area contributed by atoms with E-state index in [-0.39, 0.29) is 32.1 Å². The molecule has 0 bridgehead atoms. The minimum atomic E-state index is -1.00. The monoisotopic (exact) mass is 775 g/mol. The van der Waals surface area contributed by atoms with E-state index in [0.29, 0.717) is 0 Å². The number of aliphatic carboxylic acids is 5. The Bertz CT molecular complexity index is 1460. The SMILES string of the molecule is N[C@@H](Cc1cnc[nH]1)C(=O)O.N[C@@H](Cc1cnc[nH]1)C(=O)O.N[C@@H](Cc1cnc[nH]1)C(=O)O.N[C@@H](Cc1cnc[nH]1)C(=O)O.N[C@@H](Cc1cnc[nH]1)C(=O)O. The van der Waals surface area contributed by atoms with Gasteiger partial charge in [0.2, 0.25) is 0 Å². The number of nitrogens with two attached hydrogens (primary N) is 5. The molecule has 55 heavy (non-hydrogen) atoms. The minimum Gasteiger partial charge on any atom is -0.480 e. The maximum atomic E-state index is 10.3. The highest BCUT2D eigenvalue weighted by molar-refractivity contribution is 5.74. The van der Waals surface area contributed by atoms with Crippen LogP contribution in [0.3, 0.4) is 0 Å². The molecule has 0 amide bonds. The van der Waals surface area contributed by atoms with Crippen LogP contribution in [0.5, 0.6) is 0 Å². The van der Waals surface area contributed by atoms with E-state index in [1.54, 1.807) is 31.0 Å². The third kappa shape index (κ3) is 20.7. The van der Waals surface area contributed by atoms with Crippen LogP contribution in [-0.4, -0.2) is 135 Å². The van der Waals surface area contributed by atoms with E-state index in [0.717, 1.165) is 28.5 Å². The fourth-order valence-electron chi connectivity index (χ4n) is 3.60. The summed E-state index contributed by atoms with van der Waals surface area (Å²) in [6.07, 6.45) is 16.7. The standard InChI is InChI=1S/5C6H9N3O2/c5*7-5(6(10)11)1-4-2-8-3-9-4/h5*2-3,5H,1,7H2,(H,8,9)(H,10,11)/t5*5-/m00000/s1. The predicted molar refractivity (Wildman–Crippen MR) is 190 cm³/mol. The number of carbonyl (C=O) groups is 5. The molecule has 5 aromatic heterocycles. The fraction of sp³-hybridized carbons (Fsp3) is 0.333. The topological polar surface area (TPSA) is 460 Å². The van der Waals surface area contributed by atoms with Gasteiger partial charge < -0.3 is 79.1 Å². The quantitative estimate of drug-likeness (QED) is 0.0498. The average Bonchev–Trinajstić information content (AvgIpc) is 3.98. The van der Waals surface area contributed by atoms with Crippen molar-refractivity contribution < 1.29 is 49.5 Å². The zero-order chi connectivity index (χ0) is 41.3. The molecule has 0 aliphatic heterocycles. The largest absolute Gasteiger partial charge is 0.480 e. The van der Waals surface area contributed by atoms with Gasteiger partial charge in [-0.15, -0.1) is 0 Å². The van der Waals surface area contributed by atoms with Gasteiger partial charge in [-0.05, 0) is 0 Å². The second-order valence-corrected chi connectivity index (χ2v) is 11.1. The van der Waals surface area contributed by atoms with Gasteiger partial charge in [0, 0.05) is 91.6 Å². The third-order valence-corrected chi connectivity index (χ3v) is 6.56. The summed E-state index contributed by atoms with van der Waals surface area (Å²) in [7, 11) is 0. The second-order valence-electron chi connectivity index (χ2n) is 11.1. The number of hydrogen-bond donors (Lipinski definition) is 15. The lowest BCUT2D eigenvalue weighted by atomic mass is 10.2. The molecular weight excluding hydrogens is 730 g/mol. The maximum Gasteiger partial charge on any atom is 0.320 e. The fourth-order valence-corrected chi connectivity index (χ4v) is 3.60. The van der Waals surface area contributed by atoms with Gasteiger partial charge >= 0.3 is 29.8 Å². The van der Waals surface area contributed by atoms with Gasteiger partial charge in [0.25, 0.3) is 0 Å². The highest BCUT2D eigenvalue weighted by Gasteiger charge is 2.15. The summed E-state index contributed by atoms with van der Waals surface area (Å²) in [5.41, 5.74) is 30.0. The van der Waals surface area contributed by atoms with E-state index < -0.39 is 60.1 Å². The number of carboxylic acids is 5. The van der Waals surface area contributed by atoms with E-state index >= 15 is 0 Å². The Morgan fingerprint density at radius 3 is 0.618 bits per heavy atom. The van der Waals surface area contributed by atoms with Crippen molar-refractivity contribution in [1.29, 1.82) is 0 Å². The molecule has 0 saturated heterocycles. The van der Waals surface area contributed by atoms with Crippen molar-refractivity contribution >= 4 is 29.8 Å². The lowest BCUT2D eigenvalue weighted by Gasteiger charge is -2.02. The Labute approximate surface area is 311 Å². The van der Waals surface area contributed by atoms with Gasteiger partial charge in [-0.25, -0.2) is 24.9 Å². The Hall–Kier alpha value is -6.80. The number of nitrogens with one attached hydrogen (secondary N) is 5. The first-order valence-electron chi connectivity index (χ1n) is 15.8. The number of hydrogen-bond acceptors (Lipinski definition) is 15. The molecule has 0 fully saturated rings. The normalized spacial score (nSPS) is 12.8. The van der Waals surface area contributed by atoms with Crippen LogP contribution in [0.1, 0.15) is 28.5 Å². The average molecular weight is 776 g/mol. The molecule has 0 saturated carbocycles. The van der Waals surface area contributed by atoms with Crippen molar-refractivity contribution in [2.45, 2.75) is 62.3 Å². The Balaban J connectivity index is 0.000000344. The van der Waals surface area contributed by atoms with E-state index in [1.807, 2.05) is 0 Å². The van der Waals surface area contributed by atoms with Crippen molar-refractivity contribution in [3.63, 3.8) is 0 Å². The molecule has 25 nitrogen and oxygen atoms in total. The maximum absolute atomic E-state index is 10.3. The Kier molecular flexibility index (Phi) is 21.2. The van der Waals surface area contributed by atoms with Gasteiger partial charge in [-0.2, -0.15) is 0 Å². The summed E-state index contributed by atoms with van der Waals surface area (Å²) in [5.74, 6) is -5.00. The van der Waals surface area contributed by atoms with Gasteiger partial charge in [0.05, 0.1) is 31.6 Å². The molecule has 5 atom stereocenters. The first-order valence-corrected chi connectivity index (χ1v) is 15.8. The summed E-state index contributed by atoms with van der Waals surface area (Å²) in [6, 6.07) is -4.26. The van der Waals surface area contributed by atoms with Crippen molar-refractivity contribution in [2.75, 3.05) is 0 Å². The molecule has 25 heteroatoms. The van der Waals surface area contributed by atoms with Crippen molar-refractivity contribution in [3.05, 3.63) is 91.1 Å². The molecule has 0 radical (unpaired) electrons. The molecule has 0 aliphatic carbocycles. The van der Waals surface area contributed by atoms with Gasteiger partial charge in [-0.3, -0.25) is 24.0 Å². The molecule has 0 unspecified atom stereocenters. The van der Waals surface area contributed by atoms with Crippen LogP contribution in [-0.2, 0) is 56.1 Å². The van der Waals surface area contributed by atoms with Crippen LogP contribution in [0.15, 0.2) is 62.6 Å². The van der Waals surface area contributed by atoms with E-state index in [2.05, 4.69) is 49.8 Å². The summed E-state index contributed by atoms with van der Waals surface area (Å²) in [6.45, 7) is 0. The Morgan fingerprint density at radius 2 is 0.527 bits per heavy atom. The molecule has 5 rings (SSSR count). The Morgan fingerprint density at radius 1 is 0.382 bits per heavy atom. The van der Waals surface area contributed by atoms with E-state index in [1.165, 1.54) is 31.6 Å². The second kappa shape index (κ2) is 25.2. The predicted octanol–water partition coefficient (Wildman–Crippen LogP) is -3.18. The van der Waals surface area contributed by atoms with Crippen LogP contribution in [0.4, 0.5) is 0 Å². The minimum absolute atomic E-state index is 0.287. The smallest absolute Gasteiger partial charge is 0.320 e. The number of carboxylic acid groups (broad SMARTS) is 5. The lowest BCUT2D eigenvalue weighted by molar-refractivity contribution is -0.139. The van der Waals surface area contributed by atoms with Crippen LogP contribution in [0.25, 0.3) is 0 Å². The van der Waals surface area contributed by atoms with Crippen molar-refractivity contribution in [2.24, 2.45) is 28.7 Å². The van der Waals surface area contributed by atoms with Crippen molar-refractivity contribution in [1.82, 2.24) is 49.8 Å². The molecule has 300 valence electrons. The lowest BCUT2D eigenvalue weighted by Crippen LogP contribution is -2.32. The van der Waals surface area contributed by atoms with Gasteiger partial charge in [0.1, 0.15) is 30.2 Å². The van der Waals surface area contributed by atoms with Gasteiger partial charge in [0.15, 0.2) is 0 Å². The molecule has 0 aliphatic rings. The molecule has 5 heterocycles. The van der Waals surface area contributed by atoms with Crippen molar-refractivity contribution in [3.8, 4) is 0 Å².